The summed E-state index contributed by atoms with van der Waals surface area (Å²) >= 11 is 6.36. The molecule has 4 aromatic rings. The molecule has 67 heavy (non-hydrogen) atoms. The van der Waals surface area contributed by atoms with Crippen molar-refractivity contribution in [3.8, 4) is 17.6 Å². The number of nitrogens with one attached hydrogen (secondary N) is 4. The minimum absolute atomic E-state index is 0.0180. The Kier molecular flexibility index (Phi) is 11.8. The van der Waals surface area contributed by atoms with Crippen LogP contribution in [0.4, 0.5) is 39.4 Å². The number of piperidine rings is 1. The second kappa shape index (κ2) is 17.2. The highest BCUT2D eigenvalue weighted by atomic mass is 35.5. The maximum atomic E-state index is 16.3. The summed E-state index contributed by atoms with van der Waals surface area (Å²) in [5.74, 6) is 4.36. The number of likely N-dealkylation sites (tertiary alicyclic amines) is 1. The minimum atomic E-state index is -4.70. The molecule has 0 unspecified atom stereocenters. The van der Waals surface area contributed by atoms with Gasteiger partial charge in [0.05, 0.1) is 23.9 Å². The smallest absolute Gasteiger partial charge is 0.433 e. The summed E-state index contributed by atoms with van der Waals surface area (Å²) < 4.78 is 63.6. The molecule has 1 aliphatic carbocycles. The number of carbonyl (C=O) groups excluding carboxylic acids is 4. The lowest BCUT2D eigenvalue weighted by atomic mass is 9.63. The number of rotatable bonds is 7. The number of pyridine rings is 1. The summed E-state index contributed by atoms with van der Waals surface area (Å²) in [6.07, 6.45) is -0.317. The third kappa shape index (κ3) is 8.68. The maximum absolute atomic E-state index is 16.3. The van der Waals surface area contributed by atoms with Crippen LogP contribution in [0.25, 0.3) is 0 Å². The van der Waals surface area contributed by atoms with Crippen molar-refractivity contribution in [1.29, 1.82) is 0 Å². The van der Waals surface area contributed by atoms with E-state index >= 15 is 4.39 Å². The first-order valence-corrected chi connectivity index (χ1v) is 22.7. The molecule has 4 fully saturated rings. The van der Waals surface area contributed by atoms with Crippen LogP contribution in [-0.4, -0.2) is 79.0 Å². The normalized spacial score (nSPS) is 24.1. The van der Waals surface area contributed by atoms with Gasteiger partial charge in [0.25, 0.3) is 5.91 Å². The summed E-state index contributed by atoms with van der Waals surface area (Å²) in [6, 6.07) is 15.6. The van der Waals surface area contributed by atoms with E-state index in [-0.39, 0.29) is 69.2 Å². The second-order valence-electron chi connectivity index (χ2n) is 19.5. The fourth-order valence-electron chi connectivity index (χ4n) is 10.6. The molecule has 5 aliphatic rings. The Hall–Kier alpha value is -6.18. The summed E-state index contributed by atoms with van der Waals surface area (Å²) in [7, 11) is 1.43. The van der Waals surface area contributed by atoms with Gasteiger partial charge in [-0.05, 0) is 90.6 Å². The largest absolute Gasteiger partial charge is 0.495 e. The Morgan fingerprint density at radius 3 is 2.49 bits per heavy atom. The van der Waals surface area contributed by atoms with Gasteiger partial charge in [-0.1, -0.05) is 62.4 Å². The van der Waals surface area contributed by atoms with E-state index in [1.807, 2.05) is 45.0 Å². The van der Waals surface area contributed by atoms with Crippen molar-refractivity contribution in [3.63, 3.8) is 0 Å². The topological polar surface area (TPSA) is 145 Å². The molecule has 17 heteroatoms. The third-order valence-corrected chi connectivity index (χ3v) is 14.4. The second-order valence-corrected chi connectivity index (χ2v) is 19.9. The zero-order valence-electron chi connectivity index (χ0n) is 37.4. The van der Waals surface area contributed by atoms with E-state index in [4.69, 9.17) is 16.3 Å². The van der Waals surface area contributed by atoms with E-state index in [0.29, 0.717) is 42.9 Å². The van der Waals surface area contributed by atoms with Gasteiger partial charge in [-0.15, -0.1) is 0 Å². The molecule has 350 valence electrons. The van der Waals surface area contributed by atoms with Gasteiger partial charge in [0.1, 0.15) is 17.3 Å². The standard InChI is InChI=1S/C50H50ClF4N7O5/c1-47(2,3)25-39-49(27-57-36-23-38(50(53,54)55)56-26-33(36)49)41(32-9-6-10-34(51)42(32)52)43(59-39)44(64)58-35-14-12-29(22-37(35)67-4)45(65)61-19-16-48(17-20-61)24-30(48)13-11-28-7-5-8-31(21-28)62-18-15-40(63)60-46(62)66/h5-10,12,14,21-23,26,30,39,41,43,57,59H,15-20,24-25,27H2,1-4H3,(H,58,64)(H,60,63,66)/t30-,39-,41-,43+,49-/m0/s1. The predicted molar refractivity (Wildman–Crippen MR) is 244 cm³/mol. The number of carbonyl (C=O) groups is 4. The van der Waals surface area contributed by atoms with Gasteiger partial charge >= 0.3 is 12.2 Å². The first-order chi connectivity index (χ1) is 31.8. The van der Waals surface area contributed by atoms with Gasteiger partial charge in [0.2, 0.25) is 11.8 Å². The highest BCUT2D eigenvalue weighted by Crippen LogP contribution is 2.59. The number of nitrogens with zero attached hydrogens (tertiary/aromatic N) is 3. The van der Waals surface area contributed by atoms with Crippen molar-refractivity contribution in [3.05, 3.63) is 112 Å². The average Bonchev–Trinajstić information content (AvgIpc) is 3.65. The number of halogens is 5. The lowest BCUT2D eigenvalue weighted by Gasteiger charge is -2.39. The molecule has 4 N–H and O–H groups in total. The van der Waals surface area contributed by atoms with Crippen molar-refractivity contribution < 1.29 is 41.5 Å². The molecule has 3 saturated heterocycles. The number of hydrogen-bond acceptors (Lipinski definition) is 8. The Labute approximate surface area is 390 Å². The van der Waals surface area contributed by atoms with E-state index in [2.05, 4.69) is 38.1 Å². The van der Waals surface area contributed by atoms with Crippen LogP contribution < -0.4 is 30.9 Å². The van der Waals surface area contributed by atoms with Gasteiger partial charge < -0.3 is 25.6 Å². The van der Waals surface area contributed by atoms with Crippen molar-refractivity contribution in [2.75, 3.05) is 48.8 Å². The lowest BCUT2D eigenvalue weighted by molar-refractivity contribution is -0.141. The number of amides is 5. The number of benzene rings is 3. The zero-order chi connectivity index (χ0) is 47.6. The molecular formula is C50H50ClF4N7O5. The van der Waals surface area contributed by atoms with Gasteiger partial charge in [0.15, 0.2) is 0 Å². The Morgan fingerprint density at radius 1 is 1.01 bits per heavy atom. The molecule has 0 bridgehead atoms. The molecule has 0 radical (unpaired) electrons. The SMILES string of the molecule is COc1cc(C(=O)N2CCC3(CC2)C[C@@H]3C#Cc2cccc(N3CCC(=O)NC3=O)c2)ccc1NC(=O)[C@@H]1N[C@@H](CC(C)(C)C)[C@@]2(CNc3cc(C(F)(F)F)ncc32)[C@H]1c1cccc(Cl)c1F. The van der Waals surface area contributed by atoms with Crippen LogP contribution in [0, 0.1) is 34.4 Å². The average molecular weight is 940 g/mol. The molecule has 1 saturated carbocycles. The van der Waals surface area contributed by atoms with E-state index in [9.17, 15) is 32.3 Å². The molecule has 9 rings (SSSR count). The number of imide groups is 1. The molecule has 3 aromatic carbocycles. The fraction of sp³-hybridized carbons (Fsp3) is 0.420. The number of ether oxygens (including phenoxy) is 1. The number of methoxy groups -OCH3 is 1. The summed E-state index contributed by atoms with van der Waals surface area (Å²) in [5.41, 5.74) is 0.316. The first kappa shape index (κ1) is 46.0. The molecular weight excluding hydrogens is 890 g/mol. The number of urea groups is 1. The van der Waals surface area contributed by atoms with Crippen LogP contribution in [0.1, 0.15) is 91.5 Å². The van der Waals surface area contributed by atoms with E-state index < -0.39 is 53.0 Å². The molecule has 12 nitrogen and oxygen atoms in total. The Balaban J connectivity index is 0.914. The summed E-state index contributed by atoms with van der Waals surface area (Å²) in [5, 5.41) is 11.8. The monoisotopic (exact) mass is 939 g/mol. The van der Waals surface area contributed by atoms with Crippen LogP contribution in [-0.2, 0) is 21.2 Å². The van der Waals surface area contributed by atoms with Crippen molar-refractivity contribution in [2.45, 2.75) is 82.5 Å². The number of aromatic nitrogens is 1. The number of anilines is 3. The van der Waals surface area contributed by atoms with E-state index in [1.54, 1.807) is 35.2 Å². The summed E-state index contributed by atoms with van der Waals surface area (Å²) in [6.45, 7) is 7.51. The molecule has 5 heterocycles. The maximum Gasteiger partial charge on any atom is 0.433 e. The number of alkyl halides is 3. The van der Waals surface area contributed by atoms with Crippen molar-refractivity contribution >= 4 is 52.4 Å². The predicted octanol–water partition coefficient (Wildman–Crippen LogP) is 8.50. The third-order valence-electron chi connectivity index (χ3n) is 14.1. The summed E-state index contributed by atoms with van der Waals surface area (Å²) in [4.78, 5) is 59.8. The quantitative estimate of drug-likeness (QED) is 0.107. The van der Waals surface area contributed by atoms with E-state index in [1.165, 1.54) is 24.3 Å². The Bertz CT molecular complexity index is 2740. The number of fused-ring (bicyclic) bond motifs is 2. The molecule has 1 aromatic heterocycles. The first-order valence-electron chi connectivity index (χ1n) is 22.3. The lowest BCUT2D eigenvalue weighted by Crippen LogP contribution is -2.49. The van der Waals surface area contributed by atoms with Gasteiger partial charge in [-0.2, -0.15) is 13.2 Å². The fourth-order valence-corrected chi connectivity index (χ4v) is 10.8. The van der Waals surface area contributed by atoms with E-state index in [0.717, 1.165) is 30.9 Å². The molecule has 2 spiro atoms. The zero-order valence-corrected chi connectivity index (χ0v) is 38.1. The van der Waals surface area contributed by atoms with Crippen LogP contribution in [0.2, 0.25) is 5.02 Å². The van der Waals surface area contributed by atoms with Gasteiger partial charge in [-0.25, -0.2) is 9.18 Å². The van der Waals surface area contributed by atoms with Crippen molar-refractivity contribution in [1.82, 2.24) is 20.5 Å². The number of hydrogen-bond donors (Lipinski definition) is 4. The van der Waals surface area contributed by atoms with Gasteiger partial charge in [-0.3, -0.25) is 29.6 Å². The Morgan fingerprint density at radius 2 is 1.78 bits per heavy atom. The van der Waals surface area contributed by atoms with Crippen LogP contribution in [0.15, 0.2) is 72.9 Å². The van der Waals surface area contributed by atoms with Gasteiger partial charge in [0, 0.05) is 90.2 Å². The van der Waals surface area contributed by atoms with Crippen LogP contribution >= 0.6 is 11.6 Å². The molecule has 4 aliphatic heterocycles. The minimum Gasteiger partial charge on any atom is -0.495 e. The highest BCUT2D eigenvalue weighted by Gasteiger charge is 2.62. The molecule has 5 atom stereocenters. The molecule has 5 amide bonds. The van der Waals surface area contributed by atoms with Crippen LogP contribution in [0.3, 0.4) is 0 Å². The highest BCUT2D eigenvalue weighted by molar-refractivity contribution is 6.30. The van der Waals surface area contributed by atoms with Crippen LogP contribution in [0.5, 0.6) is 5.75 Å². The van der Waals surface area contributed by atoms with Crippen molar-refractivity contribution in [2.24, 2.45) is 16.7 Å².